The largest absolute Gasteiger partial charge is 0.478 e. The first-order valence-electron chi connectivity index (χ1n) is 5.45. The zero-order chi connectivity index (χ0) is 14.6. The SMILES string of the molecule is CNCCN(C)c1c(Cl)cc([N+](=O)[O-])cc1C(=O)O. The van der Waals surface area contributed by atoms with Crippen molar-refractivity contribution in [3.63, 3.8) is 0 Å². The Morgan fingerprint density at radius 3 is 2.68 bits per heavy atom. The highest BCUT2D eigenvalue weighted by molar-refractivity contribution is 6.34. The fourth-order valence-corrected chi connectivity index (χ4v) is 1.99. The number of aromatic carboxylic acids is 1. The number of likely N-dealkylation sites (N-methyl/N-ethyl adjacent to an activating group) is 2. The van der Waals surface area contributed by atoms with Crippen molar-refractivity contribution < 1.29 is 14.8 Å². The summed E-state index contributed by atoms with van der Waals surface area (Å²) in [6.07, 6.45) is 0. The third kappa shape index (κ3) is 3.55. The van der Waals surface area contributed by atoms with Gasteiger partial charge in [0.25, 0.3) is 5.69 Å². The van der Waals surface area contributed by atoms with E-state index < -0.39 is 10.9 Å². The molecule has 0 aliphatic rings. The number of benzene rings is 1. The third-order valence-corrected chi connectivity index (χ3v) is 2.86. The fraction of sp³-hybridized carbons (Fsp3) is 0.364. The molecule has 1 rings (SSSR count). The number of carbonyl (C=O) groups is 1. The molecule has 0 aromatic heterocycles. The number of nitro benzene ring substituents is 1. The van der Waals surface area contributed by atoms with Gasteiger partial charge >= 0.3 is 5.97 Å². The lowest BCUT2D eigenvalue weighted by Crippen LogP contribution is -2.28. The normalized spacial score (nSPS) is 10.3. The number of carboxylic acids is 1. The summed E-state index contributed by atoms with van der Waals surface area (Å²) in [4.78, 5) is 22.9. The Hall–Kier alpha value is -1.86. The monoisotopic (exact) mass is 287 g/mol. The lowest BCUT2D eigenvalue weighted by Gasteiger charge is -2.22. The summed E-state index contributed by atoms with van der Waals surface area (Å²) in [6.45, 7) is 1.15. The van der Waals surface area contributed by atoms with Gasteiger partial charge in [0.05, 0.1) is 21.2 Å². The summed E-state index contributed by atoms with van der Waals surface area (Å²) in [5.41, 5.74) is -0.249. The summed E-state index contributed by atoms with van der Waals surface area (Å²) in [7, 11) is 3.44. The van der Waals surface area contributed by atoms with Crippen molar-refractivity contribution in [1.82, 2.24) is 5.32 Å². The number of nitro groups is 1. The molecule has 7 nitrogen and oxygen atoms in total. The van der Waals surface area contributed by atoms with Crippen LogP contribution in [-0.2, 0) is 0 Å². The molecular weight excluding hydrogens is 274 g/mol. The molecule has 0 spiro atoms. The summed E-state index contributed by atoms with van der Waals surface area (Å²) in [5.74, 6) is -1.25. The molecule has 0 saturated heterocycles. The summed E-state index contributed by atoms with van der Waals surface area (Å²) in [6, 6.07) is 2.17. The Kier molecular flexibility index (Phi) is 5.08. The van der Waals surface area contributed by atoms with Crippen LogP contribution >= 0.6 is 11.6 Å². The van der Waals surface area contributed by atoms with Crippen LogP contribution in [0.1, 0.15) is 10.4 Å². The Labute approximate surface area is 114 Å². The zero-order valence-electron chi connectivity index (χ0n) is 10.5. The molecule has 0 amide bonds. The first kappa shape index (κ1) is 15.2. The van der Waals surface area contributed by atoms with Crippen LogP contribution in [-0.4, -0.2) is 43.2 Å². The van der Waals surface area contributed by atoms with Crippen molar-refractivity contribution in [2.45, 2.75) is 0 Å². The van der Waals surface area contributed by atoms with Crippen molar-refractivity contribution in [3.05, 3.63) is 32.8 Å². The average Bonchev–Trinajstić information content (AvgIpc) is 2.34. The number of hydrogen-bond acceptors (Lipinski definition) is 5. The minimum atomic E-state index is -1.25. The van der Waals surface area contributed by atoms with Crippen molar-refractivity contribution in [2.24, 2.45) is 0 Å². The van der Waals surface area contributed by atoms with Gasteiger partial charge in [-0.3, -0.25) is 10.1 Å². The van der Waals surface area contributed by atoms with Crippen LogP contribution in [0.4, 0.5) is 11.4 Å². The lowest BCUT2D eigenvalue weighted by molar-refractivity contribution is -0.384. The highest BCUT2D eigenvalue weighted by Crippen LogP contribution is 2.33. The number of anilines is 1. The topological polar surface area (TPSA) is 95.7 Å². The van der Waals surface area contributed by atoms with Gasteiger partial charge in [-0.25, -0.2) is 4.79 Å². The van der Waals surface area contributed by atoms with Crippen molar-refractivity contribution >= 4 is 28.9 Å². The predicted molar refractivity (Wildman–Crippen MR) is 72.3 cm³/mol. The van der Waals surface area contributed by atoms with Gasteiger partial charge in [-0.1, -0.05) is 11.6 Å². The van der Waals surface area contributed by atoms with E-state index in [0.717, 1.165) is 12.1 Å². The van der Waals surface area contributed by atoms with Gasteiger partial charge < -0.3 is 15.3 Å². The molecular formula is C11H14ClN3O4. The molecule has 1 aromatic carbocycles. The molecule has 19 heavy (non-hydrogen) atoms. The maximum Gasteiger partial charge on any atom is 0.338 e. The van der Waals surface area contributed by atoms with Crippen LogP contribution in [0, 0.1) is 10.1 Å². The fourth-order valence-electron chi connectivity index (χ4n) is 1.63. The lowest BCUT2D eigenvalue weighted by atomic mass is 10.1. The van der Waals surface area contributed by atoms with E-state index in [1.807, 2.05) is 0 Å². The number of rotatable bonds is 6. The molecule has 0 saturated carbocycles. The molecule has 0 unspecified atom stereocenters. The third-order valence-electron chi connectivity index (χ3n) is 2.57. The molecule has 0 heterocycles. The maximum atomic E-state index is 11.2. The molecule has 0 aliphatic carbocycles. The van der Waals surface area contributed by atoms with E-state index in [0.29, 0.717) is 13.1 Å². The van der Waals surface area contributed by atoms with Crippen LogP contribution in [0.3, 0.4) is 0 Å². The number of nitrogens with one attached hydrogen (secondary N) is 1. The van der Waals surface area contributed by atoms with Crippen molar-refractivity contribution in [2.75, 3.05) is 32.1 Å². The molecule has 1 aromatic rings. The molecule has 104 valence electrons. The van der Waals surface area contributed by atoms with Crippen LogP contribution in [0.2, 0.25) is 5.02 Å². The van der Waals surface area contributed by atoms with E-state index in [-0.39, 0.29) is 22.0 Å². The summed E-state index contributed by atoms with van der Waals surface area (Å²) < 4.78 is 0. The molecule has 8 heteroatoms. The van der Waals surface area contributed by atoms with E-state index in [2.05, 4.69) is 5.32 Å². The van der Waals surface area contributed by atoms with E-state index >= 15 is 0 Å². The van der Waals surface area contributed by atoms with Crippen LogP contribution < -0.4 is 10.2 Å². The smallest absolute Gasteiger partial charge is 0.338 e. The highest BCUT2D eigenvalue weighted by atomic mass is 35.5. The van der Waals surface area contributed by atoms with Gasteiger partial charge in [-0.2, -0.15) is 0 Å². The molecule has 0 bridgehead atoms. The Morgan fingerprint density at radius 2 is 2.21 bits per heavy atom. The first-order valence-corrected chi connectivity index (χ1v) is 5.83. The first-order chi connectivity index (χ1) is 8.88. The summed E-state index contributed by atoms with van der Waals surface area (Å²) in [5, 5.41) is 22.8. The van der Waals surface area contributed by atoms with E-state index in [1.165, 1.54) is 0 Å². The Balaban J connectivity index is 3.29. The Bertz CT molecular complexity index is 507. The molecule has 0 radical (unpaired) electrons. The molecule has 0 aliphatic heterocycles. The zero-order valence-corrected chi connectivity index (χ0v) is 11.3. The Morgan fingerprint density at radius 1 is 1.58 bits per heavy atom. The van der Waals surface area contributed by atoms with Gasteiger partial charge in [0.1, 0.15) is 0 Å². The predicted octanol–water partition coefficient (Wildman–Crippen LogP) is 1.60. The number of non-ortho nitro benzene ring substituents is 1. The van der Waals surface area contributed by atoms with Crippen molar-refractivity contribution in [3.8, 4) is 0 Å². The van der Waals surface area contributed by atoms with E-state index in [4.69, 9.17) is 16.7 Å². The van der Waals surface area contributed by atoms with Crippen LogP contribution in [0.25, 0.3) is 0 Å². The standard InChI is InChI=1S/C11H14ClN3O4/c1-13-3-4-14(2)10-8(11(16)17)5-7(15(18)19)6-9(10)12/h5-6,13H,3-4H2,1-2H3,(H,16,17). The highest BCUT2D eigenvalue weighted by Gasteiger charge is 2.22. The average molecular weight is 288 g/mol. The van der Waals surface area contributed by atoms with Crippen LogP contribution in [0.5, 0.6) is 0 Å². The van der Waals surface area contributed by atoms with E-state index in [1.54, 1.807) is 19.0 Å². The minimum Gasteiger partial charge on any atom is -0.478 e. The van der Waals surface area contributed by atoms with Gasteiger partial charge in [0.2, 0.25) is 0 Å². The minimum absolute atomic E-state index is 0.0465. The number of carboxylic acid groups (broad SMARTS) is 1. The second-order valence-corrected chi connectivity index (χ2v) is 4.32. The van der Waals surface area contributed by atoms with Gasteiger partial charge in [0.15, 0.2) is 0 Å². The van der Waals surface area contributed by atoms with E-state index in [9.17, 15) is 14.9 Å². The number of nitrogens with zero attached hydrogens (tertiary/aromatic N) is 2. The maximum absolute atomic E-state index is 11.2. The van der Waals surface area contributed by atoms with Gasteiger partial charge in [-0.05, 0) is 7.05 Å². The molecule has 0 atom stereocenters. The van der Waals surface area contributed by atoms with Gasteiger partial charge in [0, 0.05) is 32.3 Å². The molecule has 0 fully saturated rings. The molecule has 2 N–H and O–H groups in total. The van der Waals surface area contributed by atoms with Gasteiger partial charge in [-0.15, -0.1) is 0 Å². The second kappa shape index (κ2) is 6.35. The quantitative estimate of drug-likeness (QED) is 0.609. The van der Waals surface area contributed by atoms with Crippen molar-refractivity contribution in [1.29, 1.82) is 0 Å². The number of hydrogen-bond donors (Lipinski definition) is 2. The van der Waals surface area contributed by atoms with Crippen LogP contribution in [0.15, 0.2) is 12.1 Å². The summed E-state index contributed by atoms with van der Waals surface area (Å²) >= 11 is 5.97. The number of halogens is 1. The second-order valence-electron chi connectivity index (χ2n) is 3.91.